The van der Waals surface area contributed by atoms with Gasteiger partial charge < -0.3 is 10.8 Å². The highest BCUT2D eigenvalue weighted by molar-refractivity contribution is 5.11. The van der Waals surface area contributed by atoms with E-state index in [0.717, 1.165) is 5.56 Å². The lowest BCUT2D eigenvalue weighted by Gasteiger charge is -2.20. The highest BCUT2D eigenvalue weighted by Gasteiger charge is 2.18. The summed E-state index contributed by atoms with van der Waals surface area (Å²) in [7, 11) is 0. The first kappa shape index (κ1) is 9.16. The van der Waals surface area contributed by atoms with Gasteiger partial charge in [0.25, 0.3) is 0 Å². The molecule has 3 heteroatoms. The lowest BCUT2D eigenvalue weighted by Crippen LogP contribution is -2.36. The molecule has 12 heavy (non-hydrogen) atoms. The Balaban J connectivity index is 2.64. The van der Waals surface area contributed by atoms with Crippen molar-refractivity contribution >= 4 is 0 Å². The summed E-state index contributed by atoms with van der Waals surface area (Å²) < 4.78 is 0. The molecule has 0 aliphatic rings. The minimum absolute atomic E-state index is 0.266. The van der Waals surface area contributed by atoms with Gasteiger partial charge in [0, 0.05) is 25.4 Å². The van der Waals surface area contributed by atoms with Gasteiger partial charge in [-0.2, -0.15) is 0 Å². The number of hydrogen-bond acceptors (Lipinski definition) is 3. The fourth-order valence-electron chi connectivity index (χ4n) is 1.01. The van der Waals surface area contributed by atoms with Crippen LogP contribution < -0.4 is 5.73 Å². The summed E-state index contributed by atoms with van der Waals surface area (Å²) in [6, 6.07) is 3.78. The summed E-state index contributed by atoms with van der Waals surface area (Å²) in [6.07, 6.45) is 4.00. The zero-order valence-electron chi connectivity index (χ0n) is 7.20. The number of rotatable bonds is 3. The first-order valence-corrected chi connectivity index (χ1v) is 3.95. The second-order valence-corrected chi connectivity index (χ2v) is 3.24. The molecule has 3 nitrogen and oxygen atoms in total. The Kier molecular flexibility index (Phi) is 2.78. The summed E-state index contributed by atoms with van der Waals surface area (Å²) in [4.78, 5) is 3.95. The van der Waals surface area contributed by atoms with Crippen LogP contribution in [0.2, 0.25) is 0 Å². The molecule has 1 rings (SSSR count). The lowest BCUT2D eigenvalue weighted by molar-refractivity contribution is 0.0696. The average Bonchev–Trinajstić information content (AvgIpc) is 2.06. The number of aliphatic hydroxyl groups is 1. The third-order valence-electron chi connectivity index (χ3n) is 1.75. The van der Waals surface area contributed by atoms with E-state index >= 15 is 0 Å². The summed E-state index contributed by atoms with van der Waals surface area (Å²) >= 11 is 0. The Morgan fingerprint density at radius 1 is 1.67 bits per heavy atom. The SMILES string of the molecule is CC(O)(CN)Cc1cccnc1. The van der Waals surface area contributed by atoms with Crippen LogP contribution in [-0.4, -0.2) is 22.2 Å². The normalized spacial score (nSPS) is 15.6. The maximum atomic E-state index is 9.62. The van der Waals surface area contributed by atoms with E-state index in [1.807, 2.05) is 12.1 Å². The van der Waals surface area contributed by atoms with Gasteiger partial charge in [-0.15, -0.1) is 0 Å². The van der Waals surface area contributed by atoms with Gasteiger partial charge in [-0.1, -0.05) is 6.07 Å². The molecule has 0 fully saturated rings. The predicted octanol–water partition coefficient (Wildman–Crippen LogP) is 0.334. The molecule has 0 aromatic carbocycles. The van der Waals surface area contributed by atoms with E-state index < -0.39 is 5.60 Å². The molecule has 1 heterocycles. The second-order valence-electron chi connectivity index (χ2n) is 3.24. The Morgan fingerprint density at radius 2 is 2.42 bits per heavy atom. The van der Waals surface area contributed by atoms with E-state index in [1.165, 1.54) is 0 Å². The van der Waals surface area contributed by atoms with Crippen LogP contribution in [0.25, 0.3) is 0 Å². The van der Waals surface area contributed by atoms with E-state index in [-0.39, 0.29) is 6.54 Å². The van der Waals surface area contributed by atoms with Gasteiger partial charge in [0.1, 0.15) is 0 Å². The maximum absolute atomic E-state index is 9.62. The van der Waals surface area contributed by atoms with Gasteiger partial charge in [0.05, 0.1) is 5.60 Å². The van der Waals surface area contributed by atoms with Crippen LogP contribution in [0.5, 0.6) is 0 Å². The Morgan fingerprint density at radius 3 is 2.92 bits per heavy atom. The number of aromatic nitrogens is 1. The Hall–Kier alpha value is -0.930. The zero-order valence-corrected chi connectivity index (χ0v) is 7.20. The van der Waals surface area contributed by atoms with Crippen molar-refractivity contribution in [3.63, 3.8) is 0 Å². The van der Waals surface area contributed by atoms with Gasteiger partial charge in [-0.25, -0.2) is 0 Å². The lowest BCUT2D eigenvalue weighted by atomic mass is 9.98. The van der Waals surface area contributed by atoms with Crippen LogP contribution in [0.3, 0.4) is 0 Å². The molecule has 0 aliphatic heterocycles. The van der Waals surface area contributed by atoms with E-state index in [0.29, 0.717) is 6.42 Å². The van der Waals surface area contributed by atoms with Gasteiger partial charge in [-0.3, -0.25) is 4.98 Å². The van der Waals surface area contributed by atoms with Crippen LogP contribution in [0, 0.1) is 0 Å². The highest BCUT2D eigenvalue weighted by atomic mass is 16.3. The fourth-order valence-corrected chi connectivity index (χ4v) is 1.01. The van der Waals surface area contributed by atoms with Crippen LogP contribution >= 0.6 is 0 Å². The molecule has 0 bridgehead atoms. The van der Waals surface area contributed by atoms with Crippen LogP contribution in [0.4, 0.5) is 0 Å². The number of nitrogens with zero attached hydrogens (tertiary/aromatic N) is 1. The third kappa shape index (κ3) is 2.60. The quantitative estimate of drug-likeness (QED) is 0.680. The van der Waals surface area contributed by atoms with Crippen molar-refractivity contribution < 1.29 is 5.11 Å². The van der Waals surface area contributed by atoms with Crippen molar-refractivity contribution in [2.75, 3.05) is 6.54 Å². The van der Waals surface area contributed by atoms with Gasteiger partial charge in [0.15, 0.2) is 0 Å². The minimum Gasteiger partial charge on any atom is -0.389 e. The molecule has 3 N–H and O–H groups in total. The molecule has 0 saturated heterocycles. The molecule has 1 aromatic rings. The summed E-state index contributed by atoms with van der Waals surface area (Å²) in [6.45, 7) is 1.99. The topological polar surface area (TPSA) is 59.1 Å². The fraction of sp³-hybridized carbons (Fsp3) is 0.444. The summed E-state index contributed by atoms with van der Waals surface area (Å²) in [5.74, 6) is 0. The van der Waals surface area contributed by atoms with Crippen molar-refractivity contribution in [3.8, 4) is 0 Å². The van der Waals surface area contributed by atoms with Crippen LogP contribution in [-0.2, 0) is 6.42 Å². The molecular formula is C9H14N2O. The minimum atomic E-state index is -0.816. The molecule has 66 valence electrons. The van der Waals surface area contributed by atoms with Gasteiger partial charge in [-0.05, 0) is 18.6 Å². The Labute approximate surface area is 72.2 Å². The molecule has 0 saturated carbocycles. The van der Waals surface area contributed by atoms with Crippen molar-refractivity contribution in [1.82, 2.24) is 4.98 Å². The highest BCUT2D eigenvalue weighted by Crippen LogP contribution is 2.09. The van der Waals surface area contributed by atoms with Crippen molar-refractivity contribution in [2.24, 2.45) is 5.73 Å². The van der Waals surface area contributed by atoms with Crippen molar-refractivity contribution in [1.29, 1.82) is 0 Å². The molecule has 0 spiro atoms. The van der Waals surface area contributed by atoms with Crippen LogP contribution in [0.1, 0.15) is 12.5 Å². The largest absolute Gasteiger partial charge is 0.389 e. The van der Waals surface area contributed by atoms with E-state index in [9.17, 15) is 5.11 Å². The Bertz CT molecular complexity index is 234. The number of pyridine rings is 1. The van der Waals surface area contributed by atoms with E-state index in [2.05, 4.69) is 4.98 Å². The summed E-state index contributed by atoms with van der Waals surface area (Å²) in [5, 5.41) is 9.62. The maximum Gasteiger partial charge on any atom is 0.0782 e. The van der Waals surface area contributed by atoms with Crippen LogP contribution in [0.15, 0.2) is 24.5 Å². The smallest absolute Gasteiger partial charge is 0.0782 e. The van der Waals surface area contributed by atoms with E-state index in [1.54, 1.807) is 19.3 Å². The monoisotopic (exact) mass is 166 g/mol. The first-order chi connectivity index (χ1) is 5.64. The van der Waals surface area contributed by atoms with Gasteiger partial charge >= 0.3 is 0 Å². The molecular weight excluding hydrogens is 152 g/mol. The number of hydrogen-bond donors (Lipinski definition) is 2. The number of nitrogens with two attached hydrogens (primary N) is 1. The van der Waals surface area contributed by atoms with Gasteiger partial charge in [0.2, 0.25) is 0 Å². The zero-order chi connectivity index (χ0) is 9.03. The first-order valence-electron chi connectivity index (χ1n) is 3.95. The summed E-state index contributed by atoms with van der Waals surface area (Å²) in [5.41, 5.74) is 5.57. The standard InChI is InChI=1S/C9H14N2O/c1-9(12,7-10)5-8-3-2-4-11-6-8/h2-4,6,12H,5,7,10H2,1H3. The molecule has 0 amide bonds. The molecule has 1 atom stereocenters. The molecule has 1 unspecified atom stereocenters. The second kappa shape index (κ2) is 3.65. The third-order valence-corrected chi connectivity index (χ3v) is 1.75. The molecule has 0 radical (unpaired) electrons. The molecule has 0 aliphatic carbocycles. The predicted molar refractivity (Wildman–Crippen MR) is 47.6 cm³/mol. The van der Waals surface area contributed by atoms with E-state index in [4.69, 9.17) is 5.73 Å². The van der Waals surface area contributed by atoms with Crippen molar-refractivity contribution in [3.05, 3.63) is 30.1 Å². The van der Waals surface area contributed by atoms with Crippen molar-refractivity contribution in [2.45, 2.75) is 18.9 Å². The molecule has 1 aromatic heterocycles. The average molecular weight is 166 g/mol.